The lowest BCUT2D eigenvalue weighted by Gasteiger charge is -2.28. The summed E-state index contributed by atoms with van der Waals surface area (Å²) in [7, 11) is 0. The fourth-order valence-corrected chi connectivity index (χ4v) is 4.92. The molecule has 4 rings (SSSR count). The van der Waals surface area contributed by atoms with Gasteiger partial charge in [-0.2, -0.15) is 0 Å². The normalized spacial score (nSPS) is 27.5. The van der Waals surface area contributed by atoms with Gasteiger partial charge in [-0.15, -0.1) is 0 Å². The van der Waals surface area contributed by atoms with E-state index in [-0.39, 0.29) is 11.9 Å². The van der Waals surface area contributed by atoms with Crippen molar-refractivity contribution in [2.75, 3.05) is 0 Å². The zero-order valence-electron chi connectivity index (χ0n) is 13.6. The summed E-state index contributed by atoms with van der Waals surface area (Å²) in [6.07, 6.45) is 5.32. The van der Waals surface area contributed by atoms with Gasteiger partial charge in [0.2, 0.25) is 0 Å². The molecule has 0 spiro atoms. The standard InChI is InChI=1S/C19H22ClNO2/c1-10-14-4-3-5-16(20)18(14)23-17(10)19(22)21-11(2)15-9-12-6-7-13(15)8-12/h3-5,11-13,15H,6-9H2,1-2H3,(H,21,22)/t11-,12-,13-,15-/m1/s1. The van der Waals surface area contributed by atoms with E-state index in [9.17, 15) is 4.79 Å². The quantitative estimate of drug-likeness (QED) is 0.864. The monoisotopic (exact) mass is 331 g/mol. The fourth-order valence-electron chi connectivity index (χ4n) is 4.71. The Morgan fingerprint density at radius 2 is 2.17 bits per heavy atom. The second kappa shape index (κ2) is 5.55. The summed E-state index contributed by atoms with van der Waals surface area (Å²) >= 11 is 6.17. The minimum absolute atomic E-state index is 0.120. The van der Waals surface area contributed by atoms with Crippen LogP contribution in [0.2, 0.25) is 5.02 Å². The zero-order valence-corrected chi connectivity index (χ0v) is 14.3. The lowest BCUT2D eigenvalue weighted by Crippen LogP contribution is -2.40. The summed E-state index contributed by atoms with van der Waals surface area (Å²) in [6.45, 7) is 4.05. The second-order valence-corrected chi connectivity index (χ2v) is 7.68. The largest absolute Gasteiger partial charge is 0.449 e. The molecule has 1 heterocycles. The third kappa shape index (κ3) is 2.46. The topological polar surface area (TPSA) is 42.2 Å². The van der Waals surface area contributed by atoms with Crippen LogP contribution >= 0.6 is 11.6 Å². The molecule has 2 saturated carbocycles. The van der Waals surface area contributed by atoms with Gasteiger partial charge in [-0.25, -0.2) is 0 Å². The highest BCUT2D eigenvalue weighted by Crippen LogP contribution is 2.49. The number of halogens is 1. The molecular formula is C19H22ClNO2. The number of amides is 1. The van der Waals surface area contributed by atoms with Gasteiger partial charge in [-0.1, -0.05) is 30.2 Å². The van der Waals surface area contributed by atoms with Crippen LogP contribution in [0.3, 0.4) is 0 Å². The molecule has 2 aliphatic rings. The number of para-hydroxylation sites is 1. The number of nitrogens with one attached hydrogen (secondary N) is 1. The minimum Gasteiger partial charge on any atom is -0.449 e. The lowest BCUT2D eigenvalue weighted by atomic mass is 9.84. The first-order chi connectivity index (χ1) is 11.0. The SMILES string of the molecule is Cc1c(C(=O)N[C@H](C)[C@H]2C[C@@H]3CC[C@@H]2C3)oc2c(Cl)cccc12. The molecule has 4 atom stereocenters. The Morgan fingerprint density at radius 1 is 1.35 bits per heavy atom. The number of hydrogen-bond donors (Lipinski definition) is 1. The van der Waals surface area contributed by atoms with Crippen molar-refractivity contribution in [1.29, 1.82) is 0 Å². The first kappa shape index (κ1) is 15.1. The number of benzene rings is 1. The van der Waals surface area contributed by atoms with Gasteiger partial charge in [-0.05, 0) is 56.9 Å². The maximum atomic E-state index is 12.7. The molecule has 122 valence electrons. The van der Waals surface area contributed by atoms with E-state index < -0.39 is 0 Å². The van der Waals surface area contributed by atoms with Crippen molar-refractivity contribution in [1.82, 2.24) is 5.32 Å². The van der Waals surface area contributed by atoms with Gasteiger partial charge in [0.25, 0.3) is 5.91 Å². The van der Waals surface area contributed by atoms with Crippen LogP contribution in [0.5, 0.6) is 0 Å². The van der Waals surface area contributed by atoms with E-state index in [1.54, 1.807) is 6.07 Å². The van der Waals surface area contributed by atoms with Gasteiger partial charge in [0, 0.05) is 17.0 Å². The van der Waals surface area contributed by atoms with Crippen molar-refractivity contribution >= 4 is 28.5 Å². The van der Waals surface area contributed by atoms with E-state index >= 15 is 0 Å². The Balaban J connectivity index is 1.55. The Kier molecular flexibility index (Phi) is 3.64. The van der Waals surface area contributed by atoms with Gasteiger partial charge in [0.05, 0.1) is 5.02 Å². The molecule has 1 aromatic carbocycles. The molecule has 0 saturated heterocycles. The summed E-state index contributed by atoms with van der Waals surface area (Å²) in [5.41, 5.74) is 1.46. The summed E-state index contributed by atoms with van der Waals surface area (Å²) in [4.78, 5) is 12.7. The van der Waals surface area contributed by atoms with Crippen molar-refractivity contribution in [3.63, 3.8) is 0 Å². The third-order valence-electron chi connectivity index (χ3n) is 5.92. The fraction of sp³-hybridized carbons (Fsp3) is 0.526. The predicted molar refractivity (Wildman–Crippen MR) is 91.8 cm³/mol. The summed E-state index contributed by atoms with van der Waals surface area (Å²) < 4.78 is 5.77. The molecular weight excluding hydrogens is 310 g/mol. The highest BCUT2D eigenvalue weighted by Gasteiger charge is 2.42. The molecule has 2 fully saturated rings. The van der Waals surface area contributed by atoms with Crippen LogP contribution in [0.4, 0.5) is 0 Å². The Morgan fingerprint density at radius 3 is 2.83 bits per heavy atom. The van der Waals surface area contributed by atoms with Gasteiger partial charge < -0.3 is 9.73 Å². The van der Waals surface area contributed by atoms with E-state index in [0.29, 0.717) is 22.3 Å². The Bertz CT molecular complexity index is 766. The van der Waals surface area contributed by atoms with Gasteiger partial charge >= 0.3 is 0 Å². The van der Waals surface area contributed by atoms with Crippen LogP contribution in [0, 0.1) is 24.7 Å². The average molecular weight is 332 g/mol. The van der Waals surface area contributed by atoms with Crippen LogP contribution in [-0.2, 0) is 0 Å². The number of carbonyl (C=O) groups excluding carboxylic acids is 1. The minimum atomic E-state index is -0.120. The maximum Gasteiger partial charge on any atom is 0.287 e. The predicted octanol–water partition coefficient (Wildman–Crippen LogP) is 4.95. The van der Waals surface area contributed by atoms with E-state index in [4.69, 9.17) is 16.0 Å². The first-order valence-corrected chi connectivity index (χ1v) is 8.91. The van der Waals surface area contributed by atoms with Crippen LogP contribution in [0.1, 0.15) is 48.7 Å². The van der Waals surface area contributed by atoms with Crippen molar-refractivity contribution in [2.45, 2.75) is 45.6 Å². The van der Waals surface area contributed by atoms with Gasteiger partial charge in [0.15, 0.2) is 11.3 Å². The van der Waals surface area contributed by atoms with Crippen molar-refractivity contribution in [3.05, 3.63) is 34.5 Å². The smallest absolute Gasteiger partial charge is 0.287 e. The van der Waals surface area contributed by atoms with Crippen molar-refractivity contribution < 1.29 is 9.21 Å². The molecule has 1 aromatic heterocycles. The number of rotatable bonds is 3. The molecule has 1 amide bonds. The number of aryl methyl sites for hydroxylation is 1. The lowest BCUT2D eigenvalue weighted by molar-refractivity contribution is 0.0888. The molecule has 2 aliphatic carbocycles. The first-order valence-electron chi connectivity index (χ1n) is 8.53. The Hall–Kier alpha value is -1.48. The molecule has 0 aliphatic heterocycles. The molecule has 2 bridgehead atoms. The highest BCUT2D eigenvalue weighted by atomic mass is 35.5. The number of hydrogen-bond acceptors (Lipinski definition) is 2. The number of furan rings is 1. The molecule has 1 N–H and O–H groups in total. The maximum absolute atomic E-state index is 12.7. The van der Waals surface area contributed by atoms with Crippen LogP contribution in [0.15, 0.2) is 22.6 Å². The molecule has 3 nitrogen and oxygen atoms in total. The van der Waals surface area contributed by atoms with Crippen LogP contribution in [0.25, 0.3) is 11.0 Å². The molecule has 23 heavy (non-hydrogen) atoms. The van der Waals surface area contributed by atoms with Gasteiger partial charge in [0.1, 0.15) is 0 Å². The summed E-state index contributed by atoms with van der Waals surface area (Å²) in [5, 5.41) is 4.63. The zero-order chi connectivity index (χ0) is 16.1. The molecule has 4 heteroatoms. The number of carbonyl (C=O) groups is 1. The second-order valence-electron chi connectivity index (χ2n) is 7.27. The highest BCUT2D eigenvalue weighted by molar-refractivity contribution is 6.35. The van der Waals surface area contributed by atoms with Crippen molar-refractivity contribution in [3.8, 4) is 0 Å². The average Bonchev–Trinajstić information content (AvgIpc) is 3.22. The van der Waals surface area contributed by atoms with E-state index in [0.717, 1.165) is 22.8 Å². The summed E-state index contributed by atoms with van der Waals surface area (Å²) in [5.74, 6) is 2.57. The van der Waals surface area contributed by atoms with Crippen LogP contribution < -0.4 is 5.32 Å². The van der Waals surface area contributed by atoms with Gasteiger partial charge in [-0.3, -0.25) is 4.79 Å². The molecule has 0 radical (unpaired) electrons. The summed E-state index contributed by atoms with van der Waals surface area (Å²) in [6, 6.07) is 5.80. The van der Waals surface area contributed by atoms with E-state index in [1.807, 2.05) is 19.1 Å². The van der Waals surface area contributed by atoms with Crippen LogP contribution in [-0.4, -0.2) is 11.9 Å². The third-order valence-corrected chi connectivity index (χ3v) is 6.21. The Labute approximate surface area is 141 Å². The molecule has 2 aromatic rings. The molecule has 0 unspecified atom stereocenters. The van der Waals surface area contributed by atoms with E-state index in [1.165, 1.54) is 25.7 Å². The number of fused-ring (bicyclic) bond motifs is 3. The van der Waals surface area contributed by atoms with E-state index in [2.05, 4.69) is 12.2 Å². The van der Waals surface area contributed by atoms with Crippen molar-refractivity contribution in [2.24, 2.45) is 17.8 Å².